The van der Waals surface area contributed by atoms with Crippen molar-refractivity contribution < 1.29 is 4.74 Å². The van der Waals surface area contributed by atoms with Gasteiger partial charge in [-0.1, -0.05) is 81.5 Å². The van der Waals surface area contributed by atoms with Gasteiger partial charge in [-0.15, -0.1) is 0 Å². The molecule has 0 aliphatic rings. The number of para-hydroxylation sites is 1. The first-order chi connectivity index (χ1) is 10.1. The summed E-state index contributed by atoms with van der Waals surface area (Å²) in [5, 5.41) is 0. The molecular weight excluding hydrogens is 256 g/mol. The van der Waals surface area contributed by atoms with E-state index in [4.69, 9.17) is 4.74 Å². The lowest BCUT2D eigenvalue weighted by Gasteiger charge is -2.22. The SMILES string of the molecule is CC(C)(C)c1ccccc1OCC/C=C/c1ccccc1. The maximum Gasteiger partial charge on any atom is 0.123 e. The molecular formula is C20H24O. The second-order valence-electron chi connectivity index (χ2n) is 6.20. The molecule has 0 bridgehead atoms. The lowest BCUT2D eigenvalue weighted by atomic mass is 9.86. The van der Waals surface area contributed by atoms with Gasteiger partial charge in [0.2, 0.25) is 0 Å². The van der Waals surface area contributed by atoms with Crippen molar-refractivity contribution in [3.8, 4) is 5.75 Å². The summed E-state index contributed by atoms with van der Waals surface area (Å²) in [7, 11) is 0. The van der Waals surface area contributed by atoms with Gasteiger partial charge in [0.05, 0.1) is 6.61 Å². The normalized spacial score (nSPS) is 11.8. The first-order valence-corrected chi connectivity index (χ1v) is 7.51. The van der Waals surface area contributed by atoms with E-state index in [0.717, 1.165) is 12.2 Å². The predicted octanol–water partition coefficient (Wildman–Crippen LogP) is 5.47. The molecule has 0 unspecified atom stereocenters. The molecule has 1 heteroatoms. The van der Waals surface area contributed by atoms with E-state index in [1.54, 1.807) is 0 Å². The zero-order chi connectivity index (χ0) is 15.1. The van der Waals surface area contributed by atoms with Gasteiger partial charge in [-0.3, -0.25) is 0 Å². The summed E-state index contributed by atoms with van der Waals surface area (Å²) in [5.41, 5.74) is 2.60. The first-order valence-electron chi connectivity index (χ1n) is 7.51. The molecule has 0 N–H and O–H groups in total. The van der Waals surface area contributed by atoms with Crippen molar-refractivity contribution in [1.82, 2.24) is 0 Å². The molecule has 21 heavy (non-hydrogen) atoms. The van der Waals surface area contributed by atoms with Crippen LogP contribution in [0.4, 0.5) is 0 Å². The van der Waals surface area contributed by atoms with Crippen molar-refractivity contribution in [2.24, 2.45) is 0 Å². The van der Waals surface area contributed by atoms with E-state index in [1.165, 1.54) is 11.1 Å². The molecule has 0 spiro atoms. The molecule has 0 amide bonds. The molecule has 2 rings (SSSR count). The van der Waals surface area contributed by atoms with Crippen LogP contribution in [0, 0.1) is 0 Å². The molecule has 110 valence electrons. The van der Waals surface area contributed by atoms with Crippen molar-refractivity contribution >= 4 is 6.08 Å². The summed E-state index contributed by atoms with van der Waals surface area (Å²) in [5.74, 6) is 0.998. The van der Waals surface area contributed by atoms with Crippen LogP contribution in [-0.2, 0) is 5.41 Å². The smallest absolute Gasteiger partial charge is 0.123 e. The summed E-state index contributed by atoms with van der Waals surface area (Å²) in [6, 6.07) is 18.7. The zero-order valence-electron chi connectivity index (χ0n) is 13.2. The molecule has 0 aliphatic heterocycles. The second-order valence-corrected chi connectivity index (χ2v) is 6.20. The van der Waals surface area contributed by atoms with Gasteiger partial charge in [0.15, 0.2) is 0 Å². The molecule has 0 saturated carbocycles. The van der Waals surface area contributed by atoms with Crippen LogP contribution in [0.5, 0.6) is 5.75 Å². The van der Waals surface area contributed by atoms with E-state index in [-0.39, 0.29) is 5.41 Å². The topological polar surface area (TPSA) is 9.23 Å². The monoisotopic (exact) mass is 280 g/mol. The fourth-order valence-corrected chi connectivity index (χ4v) is 2.23. The van der Waals surface area contributed by atoms with Crippen LogP contribution in [0.2, 0.25) is 0 Å². The van der Waals surface area contributed by atoms with Crippen LogP contribution in [-0.4, -0.2) is 6.61 Å². The third kappa shape index (κ3) is 4.78. The second kappa shape index (κ2) is 7.12. The molecule has 0 atom stereocenters. The van der Waals surface area contributed by atoms with Crippen molar-refractivity contribution in [3.63, 3.8) is 0 Å². The van der Waals surface area contributed by atoms with E-state index in [9.17, 15) is 0 Å². The first kappa shape index (κ1) is 15.4. The molecule has 2 aromatic rings. The lowest BCUT2D eigenvalue weighted by molar-refractivity contribution is 0.316. The van der Waals surface area contributed by atoms with Crippen LogP contribution >= 0.6 is 0 Å². The molecule has 0 heterocycles. The molecule has 0 aromatic heterocycles. The molecule has 2 aromatic carbocycles. The highest BCUT2D eigenvalue weighted by atomic mass is 16.5. The third-order valence-electron chi connectivity index (χ3n) is 3.35. The third-order valence-corrected chi connectivity index (χ3v) is 3.35. The zero-order valence-corrected chi connectivity index (χ0v) is 13.2. The Morgan fingerprint density at radius 3 is 2.29 bits per heavy atom. The maximum atomic E-state index is 5.95. The summed E-state index contributed by atoms with van der Waals surface area (Å²) in [6.45, 7) is 7.34. The van der Waals surface area contributed by atoms with Gasteiger partial charge >= 0.3 is 0 Å². The van der Waals surface area contributed by atoms with Gasteiger partial charge in [-0.05, 0) is 29.0 Å². The average Bonchev–Trinajstić information content (AvgIpc) is 2.47. The van der Waals surface area contributed by atoms with Crippen LogP contribution in [0.25, 0.3) is 6.08 Å². The van der Waals surface area contributed by atoms with Crippen molar-refractivity contribution in [2.45, 2.75) is 32.6 Å². The molecule has 0 saturated heterocycles. The lowest BCUT2D eigenvalue weighted by Crippen LogP contribution is -2.13. The van der Waals surface area contributed by atoms with Gasteiger partial charge in [-0.25, -0.2) is 0 Å². The van der Waals surface area contributed by atoms with E-state index in [2.05, 4.69) is 75.4 Å². The van der Waals surface area contributed by atoms with E-state index in [0.29, 0.717) is 6.61 Å². The van der Waals surface area contributed by atoms with Crippen molar-refractivity contribution in [2.75, 3.05) is 6.61 Å². The summed E-state index contributed by atoms with van der Waals surface area (Å²) in [4.78, 5) is 0. The Morgan fingerprint density at radius 1 is 0.905 bits per heavy atom. The highest BCUT2D eigenvalue weighted by Gasteiger charge is 2.17. The number of ether oxygens (including phenoxy) is 1. The van der Waals surface area contributed by atoms with Crippen LogP contribution < -0.4 is 4.74 Å². The van der Waals surface area contributed by atoms with Gasteiger partial charge in [0.1, 0.15) is 5.75 Å². The fourth-order valence-electron chi connectivity index (χ4n) is 2.23. The van der Waals surface area contributed by atoms with E-state index < -0.39 is 0 Å². The summed E-state index contributed by atoms with van der Waals surface area (Å²) in [6.07, 6.45) is 5.21. The van der Waals surface area contributed by atoms with Crippen molar-refractivity contribution in [3.05, 3.63) is 71.8 Å². The summed E-state index contributed by atoms with van der Waals surface area (Å²) < 4.78 is 5.95. The minimum absolute atomic E-state index is 0.108. The van der Waals surface area contributed by atoms with Gasteiger partial charge in [-0.2, -0.15) is 0 Å². The molecule has 0 fully saturated rings. The minimum Gasteiger partial charge on any atom is -0.493 e. The highest BCUT2D eigenvalue weighted by Crippen LogP contribution is 2.30. The largest absolute Gasteiger partial charge is 0.493 e. The molecule has 0 aliphatic carbocycles. The van der Waals surface area contributed by atoms with Crippen LogP contribution in [0.1, 0.15) is 38.3 Å². The predicted molar refractivity (Wildman–Crippen MR) is 90.7 cm³/mol. The molecule has 0 radical (unpaired) electrons. The van der Waals surface area contributed by atoms with Crippen LogP contribution in [0.3, 0.4) is 0 Å². The quantitative estimate of drug-likeness (QED) is 0.660. The Labute approximate surface area is 128 Å². The van der Waals surface area contributed by atoms with Gasteiger partial charge in [0, 0.05) is 0 Å². The number of benzene rings is 2. The Balaban J connectivity index is 1.88. The Kier molecular flexibility index (Phi) is 5.21. The Hall–Kier alpha value is -2.02. The number of hydrogen-bond acceptors (Lipinski definition) is 1. The minimum atomic E-state index is 0.108. The maximum absolute atomic E-state index is 5.95. The standard InChI is InChI=1S/C20H24O/c1-20(2,3)18-14-7-8-15-19(18)21-16-10-9-13-17-11-5-4-6-12-17/h4-9,11-15H,10,16H2,1-3H3/b13-9+. The summed E-state index contributed by atoms with van der Waals surface area (Å²) >= 11 is 0. The fraction of sp³-hybridized carbons (Fsp3) is 0.300. The van der Waals surface area contributed by atoms with Gasteiger partial charge in [0.25, 0.3) is 0 Å². The molecule has 1 nitrogen and oxygen atoms in total. The number of rotatable bonds is 5. The Bertz CT molecular complexity index is 576. The van der Waals surface area contributed by atoms with Crippen molar-refractivity contribution in [1.29, 1.82) is 0 Å². The van der Waals surface area contributed by atoms with E-state index in [1.807, 2.05) is 12.1 Å². The highest BCUT2D eigenvalue weighted by molar-refractivity contribution is 5.48. The Morgan fingerprint density at radius 2 is 1.57 bits per heavy atom. The van der Waals surface area contributed by atoms with Gasteiger partial charge < -0.3 is 4.74 Å². The average molecular weight is 280 g/mol. The van der Waals surface area contributed by atoms with E-state index >= 15 is 0 Å². The van der Waals surface area contributed by atoms with Crippen LogP contribution in [0.15, 0.2) is 60.7 Å². The number of hydrogen-bond donors (Lipinski definition) is 0.